The zero-order valence-electron chi connectivity index (χ0n) is 9.70. The minimum absolute atomic E-state index is 0.391. The molecule has 2 rings (SSSR count). The van der Waals surface area contributed by atoms with Crippen LogP contribution in [0.5, 0.6) is 0 Å². The summed E-state index contributed by atoms with van der Waals surface area (Å²) in [5.74, 6) is 0. The predicted octanol–water partition coefficient (Wildman–Crippen LogP) is 1.83. The summed E-state index contributed by atoms with van der Waals surface area (Å²) in [4.78, 5) is 6.21. The van der Waals surface area contributed by atoms with E-state index in [0.717, 1.165) is 12.8 Å². The van der Waals surface area contributed by atoms with Crippen LogP contribution < -0.4 is 0 Å². The van der Waals surface area contributed by atoms with Crippen LogP contribution in [0, 0.1) is 0 Å². The van der Waals surface area contributed by atoms with Gasteiger partial charge in [-0.2, -0.15) is 8.42 Å². The quantitative estimate of drug-likeness (QED) is 0.809. The van der Waals surface area contributed by atoms with E-state index in [1.54, 1.807) is 0 Å². The fourth-order valence-corrected chi connectivity index (χ4v) is 2.17. The summed E-state index contributed by atoms with van der Waals surface area (Å²) in [5, 5.41) is -0.391. The second kappa shape index (κ2) is 5.32. The lowest BCUT2D eigenvalue weighted by molar-refractivity contribution is 0.475. The molecule has 0 saturated carbocycles. The third-order valence-corrected chi connectivity index (χ3v) is 3.30. The molecule has 96 valence electrons. The molecule has 18 heavy (non-hydrogen) atoms. The molecule has 2 aromatic rings. The highest BCUT2D eigenvalue weighted by Crippen LogP contribution is 2.08. The van der Waals surface area contributed by atoms with Crippen molar-refractivity contribution < 1.29 is 13.0 Å². The van der Waals surface area contributed by atoms with Crippen LogP contribution in [0.1, 0.15) is 17.7 Å². The molecule has 0 fully saturated rings. The Balaban J connectivity index is 1.90. The van der Waals surface area contributed by atoms with Crippen LogP contribution in [0.2, 0.25) is 0 Å². The van der Waals surface area contributed by atoms with Crippen LogP contribution in [0.15, 0.2) is 41.7 Å². The van der Waals surface area contributed by atoms with E-state index in [2.05, 4.69) is 22.1 Å². The lowest BCUT2D eigenvalue weighted by atomic mass is 10.1. The number of rotatable bonds is 5. The van der Waals surface area contributed by atoms with Gasteiger partial charge in [0, 0.05) is 11.9 Å². The van der Waals surface area contributed by atoms with E-state index in [1.807, 2.05) is 18.2 Å². The second-order valence-electron chi connectivity index (χ2n) is 4.03. The van der Waals surface area contributed by atoms with Crippen molar-refractivity contribution in [1.82, 2.24) is 9.97 Å². The van der Waals surface area contributed by atoms with Crippen LogP contribution in [0.3, 0.4) is 0 Å². The Labute approximate surface area is 106 Å². The molecule has 0 spiro atoms. The smallest absolute Gasteiger partial charge is 0.328 e. The van der Waals surface area contributed by atoms with Crippen LogP contribution in [0.4, 0.5) is 0 Å². The van der Waals surface area contributed by atoms with E-state index in [1.165, 1.54) is 11.8 Å². The number of benzene rings is 1. The fourth-order valence-electron chi connectivity index (χ4n) is 1.72. The molecule has 0 amide bonds. The molecule has 0 aliphatic heterocycles. The average molecular weight is 266 g/mol. The number of aromatic nitrogens is 2. The number of nitrogens with one attached hydrogen (secondary N) is 1. The molecule has 1 aromatic carbocycles. The van der Waals surface area contributed by atoms with E-state index in [4.69, 9.17) is 4.55 Å². The SMILES string of the molecule is O=S(=O)(O)c1ncc(CCCc2ccccc2)[nH]1. The van der Waals surface area contributed by atoms with Crippen molar-refractivity contribution in [2.24, 2.45) is 0 Å². The van der Waals surface area contributed by atoms with Gasteiger partial charge in [-0.1, -0.05) is 30.3 Å². The fraction of sp³-hybridized carbons (Fsp3) is 0.250. The number of nitrogens with zero attached hydrogens (tertiary/aromatic N) is 1. The molecule has 2 N–H and O–H groups in total. The van der Waals surface area contributed by atoms with E-state index < -0.39 is 15.3 Å². The molecule has 0 aliphatic rings. The van der Waals surface area contributed by atoms with Gasteiger partial charge in [0.1, 0.15) is 0 Å². The molecule has 0 bridgehead atoms. The maximum absolute atomic E-state index is 10.8. The molecule has 0 radical (unpaired) electrons. The van der Waals surface area contributed by atoms with E-state index in [0.29, 0.717) is 12.1 Å². The highest BCUT2D eigenvalue weighted by atomic mass is 32.2. The maximum atomic E-state index is 10.8. The molecule has 0 atom stereocenters. The van der Waals surface area contributed by atoms with Gasteiger partial charge in [-0.25, -0.2) is 4.98 Å². The Morgan fingerprint density at radius 2 is 1.89 bits per heavy atom. The van der Waals surface area contributed by atoms with Crippen molar-refractivity contribution >= 4 is 10.1 Å². The van der Waals surface area contributed by atoms with Crippen LogP contribution in [-0.4, -0.2) is 22.9 Å². The number of hydrogen-bond donors (Lipinski definition) is 2. The van der Waals surface area contributed by atoms with Gasteiger partial charge in [-0.3, -0.25) is 4.55 Å². The van der Waals surface area contributed by atoms with Gasteiger partial charge in [0.25, 0.3) is 5.16 Å². The summed E-state index contributed by atoms with van der Waals surface area (Å²) >= 11 is 0. The van der Waals surface area contributed by atoms with E-state index in [9.17, 15) is 8.42 Å². The van der Waals surface area contributed by atoms with Crippen LogP contribution >= 0.6 is 0 Å². The lowest BCUT2D eigenvalue weighted by Gasteiger charge is -1.99. The molecular weight excluding hydrogens is 252 g/mol. The van der Waals surface area contributed by atoms with Crippen molar-refractivity contribution in [3.63, 3.8) is 0 Å². The van der Waals surface area contributed by atoms with Gasteiger partial charge in [0.05, 0.1) is 0 Å². The first-order chi connectivity index (χ1) is 8.55. The Kier molecular flexibility index (Phi) is 3.78. The van der Waals surface area contributed by atoms with Crippen molar-refractivity contribution in [2.75, 3.05) is 0 Å². The predicted molar refractivity (Wildman–Crippen MR) is 66.9 cm³/mol. The normalized spacial score (nSPS) is 11.6. The molecule has 6 heteroatoms. The largest absolute Gasteiger partial charge is 0.331 e. The first-order valence-electron chi connectivity index (χ1n) is 5.61. The Bertz CT molecular complexity index is 605. The second-order valence-corrected chi connectivity index (χ2v) is 5.36. The zero-order valence-corrected chi connectivity index (χ0v) is 10.5. The van der Waals surface area contributed by atoms with Crippen molar-refractivity contribution in [1.29, 1.82) is 0 Å². The van der Waals surface area contributed by atoms with Gasteiger partial charge in [0.2, 0.25) is 0 Å². The third kappa shape index (κ3) is 3.41. The maximum Gasteiger partial charge on any atom is 0.328 e. The average Bonchev–Trinajstić information content (AvgIpc) is 2.79. The van der Waals surface area contributed by atoms with Gasteiger partial charge in [-0.15, -0.1) is 0 Å². The van der Waals surface area contributed by atoms with Crippen LogP contribution in [-0.2, 0) is 23.0 Å². The molecule has 0 aliphatic carbocycles. The number of imidazole rings is 1. The van der Waals surface area contributed by atoms with Crippen LogP contribution in [0.25, 0.3) is 0 Å². The zero-order chi connectivity index (χ0) is 13.0. The third-order valence-electron chi connectivity index (χ3n) is 2.60. The monoisotopic (exact) mass is 266 g/mol. The highest BCUT2D eigenvalue weighted by Gasteiger charge is 2.13. The Hall–Kier alpha value is -1.66. The number of H-pyrrole nitrogens is 1. The minimum atomic E-state index is -4.23. The first-order valence-corrected chi connectivity index (χ1v) is 7.05. The first kappa shape index (κ1) is 12.8. The van der Waals surface area contributed by atoms with Gasteiger partial charge in [0.15, 0.2) is 0 Å². The summed E-state index contributed by atoms with van der Waals surface area (Å²) in [6.45, 7) is 0. The Morgan fingerprint density at radius 1 is 1.17 bits per heavy atom. The summed E-state index contributed by atoms with van der Waals surface area (Å²) in [6, 6.07) is 10.0. The molecule has 1 heterocycles. The topological polar surface area (TPSA) is 83.1 Å². The molecule has 0 saturated heterocycles. The number of aryl methyl sites for hydroxylation is 2. The van der Waals surface area contributed by atoms with Crippen molar-refractivity contribution in [3.8, 4) is 0 Å². The molecule has 0 unspecified atom stereocenters. The standard InChI is InChI=1S/C12H14N2O3S/c15-18(16,17)12-13-9-11(14-12)8-4-7-10-5-2-1-3-6-10/h1-3,5-6,9H,4,7-8H2,(H,13,14)(H,15,16,17). The van der Waals surface area contributed by atoms with Gasteiger partial charge < -0.3 is 4.98 Å². The Morgan fingerprint density at radius 3 is 2.50 bits per heavy atom. The molecule has 5 nitrogen and oxygen atoms in total. The summed E-state index contributed by atoms with van der Waals surface area (Å²) in [5.41, 5.74) is 1.95. The summed E-state index contributed by atoms with van der Waals surface area (Å²) in [6.07, 6.45) is 3.93. The van der Waals surface area contributed by atoms with E-state index in [-0.39, 0.29) is 0 Å². The molecular formula is C12H14N2O3S. The molecule has 1 aromatic heterocycles. The summed E-state index contributed by atoms with van der Waals surface area (Å²) in [7, 11) is -4.23. The highest BCUT2D eigenvalue weighted by molar-refractivity contribution is 7.85. The summed E-state index contributed by atoms with van der Waals surface area (Å²) < 4.78 is 30.4. The minimum Gasteiger partial charge on any atom is -0.331 e. The lowest BCUT2D eigenvalue weighted by Crippen LogP contribution is -2.00. The van der Waals surface area contributed by atoms with Gasteiger partial charge >= 0.3 is 10.1 Å². The van der Waals surface area contributed by atoms with E-state index >= 15 is 0 Å². The number of aromatic amines is 1. The van der Waals surface area contributed by atoms with Gasteiger partial charge in [-0.05, 0) is 24.8 Å². The van der Waals surface area contributed by atoms with Crippen molar-refractivity contribution in [3.05, 3.63) is 47.8 Å². The van der Waals surface area contributed by atoms with Crippen molar-refractivity contribution in [2.45, 2.75) is 24.4 Å². The number of hydrogen-bond acceptors (Lipinski definition) is 3.